The molecule has 3 N–H and O–H groups in total. The number of rotatable bonds is 4. The molecule has 2 rings (SSSR count). The van der Waals surface area contributed by atoms with Crippen LogP contribution in [-0.2, 0) is 11.3 Å². The topological polar surface area (TPSA) is 62.4 Å². The molecule has 1 aliphatic heterocycles. The average molecular weight is 249 g/mol. The van der Waals surface area contributed by atoms with E-state index in [0.29, 0.717) is 0 Å². The van der Waals surface area contributed by atoms with E-state index >= 15 is 0 Å². The molecule has 1 aromatic rings. The Balaban J connectivity index is 1.63. The number of ether oxygens (including phenoxy) is 1. The number of carbonyl (C=O) groups is 1. The third-order valence-corrected chi connectivity index (χ3v) is 2.89. The normalized spacial score (nSPS) is 19.2. The van der Waals surface area contributed by atoms with E-state index in [4.69, 9.17) is 4.74 Å². The Kier molecular flexibility index (Phi) is 4.99. The number of hydrazine groups is 1. The van der Waals surface area contributed by atoms with Gasteiger partial charge in [0, 0.05) is 12.6 Å². The summed E-state index contributed by atoms with van der Waals surface area (Å²) in [7, 11) is 0. The van der Waals surface area contributed by atoms with Crippen molar-refractivity contribution in [2.75, 3.05) is 13.1 Å². The van der Waals surface area contributed by atoms with E-state index in [1.165, 1.54) is 0 Å². The SMILES string of the molecule is O=C(NNC1CCCNC1)OCc1ccccc1. The van der Waals surface area contributed by atoms with Gasteiger partial charge in [-0.3, -0.25) is 5.43 Å². The molecule has 1 unspecified atom stereocenters. The smallest absolute Gasteiger partial charge is 0.421 e. The molecule has 0 aliphatic carbocycles. The fourth-order valence-electron chi connectivity index (χ4n) is 1.90. The molecule has 0 radical (unpaired) electrons. The summed E-state index contributed by atoms with van der Waals surface area (Å²) in [6.07, 6.45) is 1.74. The maximum absolute atomic E-state index is 11.4. The summed E-state index contributed by atoms with van der Waals surface area (Å²) in [4.78, 5) is 11.4. The van der Waals surface area contributed by atoms with Gasteiger partial charge in [0.1, 0.15) is 6.61 Å². The first-order chi connectivity index (χ1) is 8.84. The van der Waals surface area contributed by atoms with Crippen LogP contribution in [0.3, 0.4) is 0 Å². The molecule has 1 saturated heterocycles. The van der Waals surface area contributed by atoms with Crippen LogP contribution in [0.25, 0.3) is 0 Å². The monoisotopic (exact) mass is 249 g/mol. The lowest BCUT2D eigenvalue weighted by atomic mass is 10.1. The molecule has 1 fully saturated rings. The first-order valence-electron chi connectivity index (χ1n) is 6.27. The van der Waals surface area contributed by atoms with E-state index in [2.05, 4.69) is 16.2 Å². The summed E-state index contributed by atoms with van der Waals surface area (Å²) in [5.41, 5.74) is 6.52. The highest BCUT2D eigenvalue weighted by atomic mass is 16.6. The van der Waals surface area contributed by atoms with Gasteiger partial charge in [-0.25, -0.2) is 10.2 Å². The number of piperidine rings is 1. The summed E-state index contributed by atoms with van der Waals surface area (Å²) in [5, 5.41) is 3.26. The molecule has 1 aromatic carbocycles. The highest BCUT2D eigenvalue weighted by molar-refractivity contribution is 5.66. The van der Waals surface area contributed by atoms with Crippen molar-refractivity contribution in [3.63, 3.8) is 0 Å². The maximum Gasteiger partial charge on any atom is 0.421 e. The first kappa shape index (κ1) is 12.9. The van der Waals surface area contributed by atoms with Gasteiger partial charge in [0.25, 0.3) is 0 Å². The minimum atomic E-state index is -0.440. The Labute approximate surface area is 107 Å². The lowest BCUT2D eigenvalue weighted by Crippen LogP contribution is -2.51. The summed E-state index contributed by atoms with van der Waals surface area (Å²) >= 11 is 0. The van der Waals surface area contributed by atoms with Crippen LogP contribution in [0.4, 0.5) is 4.79 Å². The summed E-state index contributed by atoms with van der Waals surface area (Å²) in [6.45, 7) is 2.22. The molecule has 1 aliphatic rings. The van der Waals surface area contributed by atoms with Gasteiger partial charge in [0.2, 0.25) is 0 Å². The second kappa shape index (κ2) is 6.98. The fraction of sp³-hybridized carbons (Fsp3) is 0.462. The van der Waals surface area contributed by atoms with Crippen molar-refractivity contribution in [2.24, 2.45) is 0 Å². The van der Waals surface area contributed by atoms with Crippen LogP contribution >= 0.6 is 0 Å². The van der Waals surface area contributed by atoms with Gasteiger partial charge >= 0.3 is 6.09 Å². The van der Waals surface area contributed by atoms with Gasteiger partial charge in [-0.15, -0.1) is 0 Å². The van der Waals surface area contributed by atoms with E-state index in [1.807, 2.05) is 30.3 Å². The van der Waals surface area contributed by atoms with Crippen molar-refractivity contribution >= 4 is 6.09 Å². The van der Waals surface area contributed by atoms with Crippen LogP contribution in [-0.4, -0.2) is 25.2 Å². The highest BCUT2D eigenvalue weighted by Crippen LogP contribution is 2.01. The molecule has 0 aromatic heterocycles. The van der Waals surface area contributed by atoms with Crippen LogP contribution in [0.1, 0.15) is 18.4 Å². The van der Waals surface area contributed by atoms with Crippen LogP contribution in [0, 0.1) is 0 Å². The molecule has 1 atom stereocenters. The molecule has 1 amide bonds. The molecule has 18 heavy (non-hydrogen) atoms. The van der Waals surface area contributed by atoms with Crippen LogP contribution in [0.15, 0.2) is 30.3 Å². The molecule has 0 bridgehead atoms. The fourth-order valence-corrected chi connectivity index (χ4v) is 1.90. The second-order valence-corrected chi connectivity index (χ2v) is 4.37. The number of nitrogens with one attached hydrogen (secondary N) is 3. The lowest BCUT2D eigenvalue weighted by Gasteiger charge is -2.23. The third-order valence-electron chi connectivity index (χ3n) is 2.89. The van der Waals surface area contributed by atoms with Crippen molar-refractivity contribution in [2.45, 2.75) is 25.5 Å². The number of amides is 1. The molecule has 0 saturated carbocycles. The van der Waals surface area contributed by atoms with E-state index in [1.54, 1.807) is 0 Å². The van der Waals surface area contributed by atoms with Gasteiger partial charge in [0.15, 0.2) is 0 Å². The summed E-state index contributed by atoms with van der Waals surface area (Å²) < 4.78 is 5.09. The maximum atomic E-state index is 11.4. The standard InChI is InChI=1S/C13H19N3O2/c17-13(16-15-12-7-4-8-14-9-12)18-10-11-5-2-1-3-6-11/h1-3,5-6,12,14-15H,4,7-10H2,(H,16,17). The van der Waals surface area contributed by atoms with Gasteiger partial charge in [-0.2, -0.15) is 0 Å². The minimum absolute atomic E-state index is 0.281. The zero-order valence-corrected chi connectivity index (χ0v) is 10.3. The third kappa shape index (κ3) is 4.35. The van der Waals surface area contributed by atoms with Crippen molar-refractivity contribution in [3.05, 3.63) is 35.9 Å². The predicted molar refractivity (Wildman–Crippen MR) is 68.8 cm³/mol. The van der Waals surface area contributed by atoms with Gasteiger partial charge in [-0.05, 0) is 24.9 Å². The molecular weight excluding hydrogens is 230 g/mol. The molecular formula is C13H19N3O2. The molecule has 1 heterocycles. The largest absolute Gasteiger partial charge is 0.444 e. The van der Waals surface area contributed by atoms with E-state index < -0.39 is 6.09 Å². The van der Waals surface area contributed by atoms with Crippen molar-refractivity contribution < 1.29 is 9.53 Å². The van der Waals surface area contributed by atoms with Crippen molar-refractivity contribution in [3.8, 4) is 0 Å². The Hall–Kier alpha value is -1.59. The number of hydrogen-bond donors (Lipinski definition) is 3. The van der Waals surface area contributed by atoms with Gasteiger partial charge in [0.05, 0.1) is 0 Å². The van der Waals surface area contributed by atoms with Crippen molar-refractivity contribution in [1.82, 2.24) is 16.2 Å². The quantitative estimate of drug-likeness (QED) is 0.701. The minimum Gasteiger partial charge on any atom is -0.444 e. The zero-order valence-electron chi connectivity index (χ0n) is 10.3. The number of carbonyl (C=O) groups excluding carboxylic acids is 1. The Morgan fingerprint density at radius 2 is 2.22 bits per heavy atom. The Morgan fingerprint density at radius 1 is 1.39 bits per heavy atom. The van der Waals surface area contributed by atoms with E-state index in [0.717, 1.165) is 31.5 Å². The molecule has 5 nitrogen and oxygen atoms in total. The number of hydrogen-bond acceptors (Lipinski definition) is 4. The Morgan fingerprint density at radius 3 is 2.94 bits per heavy atom. The molecule has 98 valence electrons. The molecule has 5 heteroatoms. The van der Waals surface area contributed by atoms with Gasteiger partial charge < -0.3 is 10.1 Å². The summed E-state index contributed by atoms with van der Waals surface area (Å²) in [5.74, 6) is 0. The number of benzene rings is 1. The highest BCUT2D eigenvalue weighted by Gasteiger charge is 2.13. The predicted octanol–water partition coefficient (Wildman–Crippen LogP) is 1.17. The van der Waals surface area contributed by atoms with E-state index in [9.17, 15) is 4.79 Å². The first-order valence-corrected chi connectivity index (χ1v) is 6.27. The Bertz CT molecular complexity index is 364. The lowest BCUT2D eigenvalue weighted by molar-refractivity contribution is 0.131. The average Bonchev–Trinajstić information content (AvgIpc) is 2.45. The van der Waals surface area contributed by atoms with Crippen LogP contribution in [0.5, 0.6) is 0 Å². The van der Waals surface area contributed by atoms with Crippen molar-refractivity contribution in [1.29, 1.82) is 0 Å². The van der Waals surface area contributed by atoms with Crippen LogP contribution < -0.4 is 16.2 Å². The summed E-state index contributed by atoms with van der Waals surface area (Å²) in [6, 6.07) is 9.90. The molecule has 0 spiro atoms. The zero-order chi connectivity index (χ0) is 12.6. The second-order valence-electron chi connectivity index (χ2n) is 4.37. The van der Waals surface area contributed by atoms with E-state index in [-0.39, 0.29) is 12.6 Å². The van der Waals surface area contributed by atoms with Crippen LogP contribution in [0.2, 0.25) is 0 Å². The van der Waals surface area contributed by atoms with Gasteiger partial charge in [-0.1, -0.05) is 30.3 Å².